The van der Waals surface area contributed by atoms with E-state index in [0.717, 1.165) is 0 Å². The SMILES string of the molecule is O=S(=O)([O-])C(F)(F)F.O=S(=O)([O-])C(F)(F)F.O=S(=O)([O-])C(F)(F)F.[Mn+3]. The van der Waals surface area contributed by atoms with E-state index in [2.05, 4.69) is 0 Å². The minimum Gasteiger partial charge on any atom is -0.741 e. The van der Waals surface area contributed by atoms with Crippen LogP contribution in [0.5, 0.6) is 0 Å². The third-order valence-corrected chi connectivity index (χ3v) is 2.55. The van der Waals surface area contributed by atoms with Crippen molar-refractivity contribution in [2.45, 2.75) is 16.5 Å². The maximum atomic E-state index is 10.7. The Morgan fingerprint density at radius 3 is 0.480 bits per heavy atom. The molecule has 0 fully saturated rings. The smallest absolute Gasteiger partial charge is 0.741 e. The van der Waals surface area contributed by atoms with Gasteiger partial charge in [0.15, 0.2) is 30.4 Å². The van der Waals surface area contributed by atoms with Crippen LogP contribution in [0.4, 0.5) is 39.5 Å². The van der Waals surface area contributed by atoms with Crippen LogP contribution in [0.25, 0.3) is 0 Å². The third-order valence-electron chi connectivity index (χ3n) is 0.850. The summed E-state index contributed by atoms with van der Waals surface area (Å²) in [5.41, 5.74) is -16.9. The van der Waals surface area contributed by atoms with Crippen LogP contribution in [0.1, 0.15) is 0 Å². The molecule has 22 heteroatoms. The zero-order valence-corrected chi connectivity index (χ0v) is 13.8. The van der Waals surface area contributed by atoms with E-state index in [4.69, 9.17) is 38.9 Å². The molecule has 0 spiro atoms. The first-order valence-electron chi connectivity index (χ1n) is 3.81. The van der Waals surface area contributed by atoms with Gasteiger partial charge in [-0.1, -0.05) is 0 Å². The van der Waals surface area contributed by atoms with Gasteiger partial charge in [0.2, 0.25) is 0 Å². The summed E-state index contributed by atoms with van der Waals surface area (Å²) in [7, 11) is -18.3. The molecule has 0 aromatic carbocycles. The fraction of sp³-hybridized carbons (Fsp3) is 1.00. The van der Waals surface area contributed by atoms with Gasteiger partial charge in [0.1, 0.15) is 0 Å². The van der Waals surface area contributed by atoms with Crippen LogP contribution in [0.15, 0.2) is 0 Å². The molecular weight excluding hydrogens is 502 g/mol. The molecule has 0 radical (unpaired) electrons. The van der Waals surface area contributed by atoms with E-state index in [1.54, 1.807) is 0 Å². The summed E-state index contributed by atoms with van der Waals surface area (Å²) in [6, 6.07) is 0. The van der Waals surface area contributed by atoms with Crippen LogP contribution < -0.4 is 0 Å². The van der Waals surface area contributed by atoms with E-state index in [9.17, 15) is 39.5 Å². The van der Waals surface area contributed by atoms with Gasteiger partial charge in [-0.15, -0.1) is 0 Å². The first-order valence-corrected chi connectivity index (χ1v) is 8.04. The molecule has 0 bridgehead atoms. The zero-order valence-electron chi connectivity index (χ0n) is 10.2. The van der Waals surface area contributed by atoms with Crippen LogP contribution in [-0.4, -0.2) is 55.4 Å². The van der Waals surface area contributed by atoms with Crippen LogP contribution >= 0.6 is 0 Å². The largest absolute Gasteiger partial charge is 3.00 e. The van der Waals surface area contributed by atoms with Crippen LogP contribution in [0.2, 0.25) is 0 Å². The first-order chi connectivity index (χ1) is 9.75. The van der Waals surface area contributed by atoms with E-state index in [1.165, 1.54) is 0 Å². The zero-order chi connectivity index (χ0) is 21.0. The average Bonchev–Trinajstić information content (AvgIpc) is 2.08. The average molecular weight is 502 g/mol. The van der Waals surface area contributed by atoms with Crippen molar-refractivity contribution in [2.75, 3.05) is 0 Å². The van der Waals surface area contributed by atoms with E-state index in [0.29, 0.717) is 0 Å². The molecule has 0 aromatic rings. The van der Waals surface area contributed by atoms with Crippen molar-refractivity contribution < 1.29 is 95.5 Å². The number of hydrogen-bond acceptors (Lipinski definition) is 9. The second-order valence-electron chi connectivity index (χ2n) is 2.70. The van der Waals surface area contributed by atoms with E-state index < -0.39 is 46.9 Å². The molecule has 0 heterocycles. The van der Waals surface area contributed by atoms with Crippen molar-refractivity contribution in [3.05, 3.63) is 0 Å². The molecule has 0 unspecified atom stereocenters. The topological polar surface area (TPSA) is 172 Å². The van der Waals surface area contributed by atoms with Gasteiger partial charge < -0.3 is 13.7 Å². The molecule has 0 atom stereocenters. The van der Waals surface area contributed by atoms with Crippen molar-refractivity contribution in [1.82, 2.24) is 0 Å². The second-order valence-corrected chi connectivity index (χ2v) is 6.81. The Hall–Kier alpha value is -0.381. The maximum absolute atomic E-state index is 10.7. The van der Waals surface area contributed by atoms with Gasteiger partial charge in [0.05, 0.1) is 0 Å². The Kier molecular flexibility index (Phi) is 12.3. The minimum atomic E-state index is -6.09. The Morgan fingerprint density at radius 1 is 0.440 bits per heavy atom. The van der Waals surface area contributed by atoms with Crippen molar-refractivity contribution >= 4 is 30.4 Å². The summed E-state index contributed by atoms with van der Waals surface area (Å²) in [5, 5.41) is 0. The predicted octanol–water partition coefficient (Wildman–Crippen LogP) is 0.152. The molecule has 0 amide bonds. The molecule has 0 aliphatic carbocycles. The molecule has 9 nitrogen and oxygen atoms in total. The summed E-state index contributed by atoms with van der Waals surface area (Å²) in [6.07, 6.45) is 0. The predicted molar refractivity (Wildman–Crippen MR) is 47.3 cm³/mol. The third kappa shape index (κ3) is 15.6. The van der Waals surface area contributed by atoms with Crippen LogP contribution in [-0.2, 0) is 47.4 Å². The van der Waals surface area contributed by atoms with Crippen molar-refractivity contribution in [1.29, 1.82) is 0 Å². The van der Waals surface area contributed by atoms with Crippen molar-refractivity contribution in [3.63, 3.8) is 0 Å². The minimum absolute atomic E-state index is 0. The Balaban J connectivity index is -0.000000130. The molecular formula is C3F9MnO9S3. The van der Waals surface area contributed by atoms with Gasteiger partial charge in [-0.3, -0.25) is 0 Å². The van der Waals surface area contributed by atoms with Gasteiger partial charge in [0.25, 0.3) is 0 Å². The number of hydrogen-bond donors (Lipinski definition) is 0. The standard InChI is InChI=1S/3CHF3O3S.Mn/c3*2-1(3,4)8(5,6)7;/h3*(H,5,6,7);/q;;;+3/p-3. The maximum Gasteiger partial charge on any atom is 3.00 e. The van der Waals surface area contributed by atoms with Gasteiger partial charge >= 0.3 is 33.6 Å². The van der Waals surface area contributed by atoms with Crippen molar-refractivity contribution in [2.24, 2.45) is 0 Å². The molecule has 0 saturated heterocycles. The normalized spacial score (nSPS) is 13.4. The molecule has 154 valence electrons. The molecule has 0 aliphatic heterocycles. The first kappa shape index (κ1) is 32.3. The monoisotopic (exact) mass is 502 g/mol. The molecule has 25 heavy (non-hydrogen) atoms. The molecule has 0 aliphatic rings. The van der Waals surface area contributed by atoms with E-state index in [1.807, 2.05) is 0 Å². The van der Waals surface area contributed by atoms with Crippen LogP contribution in [0.3, 0.4) is 0 Å². The van der Waals surface area contributed by atoms with E-state index >= 15 is 0 Å². The Morgan fingerprint density at radius 2 is 0.480 bits per heavy atom. The Bertz CT molecular complexity index is 596. The summed E-state index contributed by atoms with van der Waals surface area (Å²) in [4.78, 5) is 0. The van der Waals surface area contributed by atoms with Gasteiger partial charge in [-0.2, -0.15) is 39.5 Å². The summed E-state index contributed by atoms with van der Waals surface area (Å²) in [6.45, 7) is 0. The second kappa shape index (κ2) is 9.52. The summed E-state index contributed by atoms with van der Waals surface area (Å²) in [5.74, 6) is 0. The fourth-order valence-corrected chi connectivity index (χ4v) is 0. The van der Waals surface area contributed by atoms with Gasteiger partial charge in [-0.25, -0.2) is 25.3 Å². The quantitative estimate of drug-likeness (QED) is 0.194. The fourth-order valence-electron chi connectivity index (χ4n) is 0. The molecule has 0 saturated carbocycles. The summed E-state index contributed by atoms with van der Waals surface area (Å²) >= 11 is 0. The number of alkyl halides is 9. The molecule has 0 aromatic heterocycles. The van der Waals surface area contributed by atoms with Crippen molar-refractivity contribution in [3.8, 4) is 0 Å². The van der Waals surface area contributed by atoms with Gasteiger partial charge in [-0.05, 0) is 0 Å². The number of rotatable bonds is 0. The summed E-state index contributed by atoms with van der Waals surface area (Å²) < 4.78 is 177. The molecule has 0 rings (SSSR count). The molecule has 0 N–H and O–H groups in total. The van der Waals surface area contributed by atoms with Gasteiger partial charge in [0, 0.05) is 0 Å². The van der Waals surface area contributed by atoms with E-state index in [-0.39, 0.29) is 17.1 Å². The van der Waals surface area contributed by atoms with Crippen LogP contribution in [0, 0.1) is 0 Å². The Labute approximate surface area is 142 Å². The number of halogens is 9.